The Bertz CT molecular complexity index is 908. The normalized spacial score (nSPS) is 11.0. The highest BCUT2D eigenvalue weighted by Crippen LogP contribution is 2.28. The Kier molecular flexibility index (Phi) is 3.17. The monoisotopic (exact) mass is 305 g/mol. The van der Waals surface area contributed by atoms with Gasteiger partial charge in [-0.1, -0.05) is 48.0 Å². The highest BCUT2D eigenvalue weighted by Gasteiger charge is 2.08. The van der Waals surface area contributed by atoms with Crippen LogP contribution >= 0.6 is 11.6 Å². The maximum atomic E-state index is 6.04. The lowest BCUT2D eigenvalue weighted by atomic mass is 10.0. The number of oxazole rings is 1. The van der Waals surface area contributed by atoms with E-state index in [1.54, 1.807) is 0 Å². The van der Waals surface area contributed by atoms with Crippen molar-refractivity contribution in [3.8, 4) is 22.6 Å². The van der Waals surface area contributed by atoms with E-state index in [-0.39, 0.29) is 0 Å². The van der Waals surface area contributed by atoms with Gasteiger partial charge in [-0.25, -0.2) is 4.98 Å². The highest BCUT2D eigenvalue weighted by atomic mass is 35.5. The molecule has 0 saturated heterocycles. The van der Waals surface area contributed by atoms with E-state index in [2.05, 4.69) is 17.1 Å². The molecule has 0 fully saturated rings. The number of rotatable bonds is 2. The fourth-order valence-electron chi connectivity index (χ4n) is 2.47. The predicted molar refractivity (Wildman–Crippen MR) is 89.9 cm³/mol. The minimum atomic E-state index is 0.638. The molecule has 0 spiro atoms. The Hall–Kier alpha value is -2.58. The zero-order chi connectivity index (χ0) is 14.9. The lowest BCUT2D eigenvalue weighted by molar-refractivity contribution is 0.620. The molecule has 0 aliphatic carbocycles. The van der Waals surface area contributed by atoms with E-state index in [0.29, 0.717) is 5.89 Å². The van der Waals surface area contributed by atoms with Crippen molar-refractivity contribution in [3.63, 3.8) is 0 Å². The van der Waals surface area contributed by atoms with Crippen molar-refractivity contribution in [3.05, 3.63) is 77.8 Å². The van der Waals surface area contributed by atoms with Gasteiger partial charge in [0.1, 0.15) is 5.52 Å². The van der Waals surface area contributed by atoms with Crippen molar-refractivity contribution < 1.29 is 4.42 Å². The van der Waals surface area contributed by atoms with Crippen LogP contribution in [-0.2, 0) is 0 Å². The van der Waals surface area contributed by atoms with Crippen molar-refractivity contribution in [1.82, 2.24) is 4.98 Å². The summed E-state index contributed by atoms with van der Waals surface area (Å²) >= 11 is 6.04. The van der Waals surface area contributed by atoms with Gasteiger partial charge in [0.15, 0.2) is 5.58 Å². The van der Waals surface area contributed by atoms with Crippen molar-refractivity contribution in [2.24, 2.45) is 0 Å². The van der Waals surface area contributed by atoms with Crippen LogP contribution in [0.25, 0.3) is 33.7 Å². The molecule has 106 valence electrons. The molecular weight excluding hydrogens is 294 g/mol. The van der Waals surface area contributed by atoms with Gasteiger partial charge in [-0.05, 0) is 47.5 Å². The maximum Gasteiger partial charge on any atom is 0.227 e. The van der Waals surface area contributed by atoms with Crippen LogP contribution in [0, 0.1) is 0 Å². The lowest BCUT2D eigenvalue weighted by Crippen LogP contribution is -1.80. The molecule has 1 heterocycles. The Balaban J connectivity index is 1.72. The second kappa shape index (κ2) is 5.32. The zero-order valence-corrected chi connectivity index (χ0v) is 12.4. The van der Waals surface area contributed by atoms with Gasteiger partial charge in [-0.3, -0.25) is 0 Å². The minimum Gasteiger partial charge on any atom is -0.436 e. The van der Waals surface area contributed by atoms with E-state index in [1.165, 1.54) is 0 Å². The Labute approximate surface area is 133 Å². The number of para-hydroxylation sites is 2. The highest BCUT2D eigenvalue weighted by molar-refractivity contribution is 6.30. The molecular formula is C19H12ClNO. The first-order valence-corrected chi connectivity index (χ1v) is 7.39. The largest absolute Gasteiger partial charge is 0.436 e. The molecule has 3 heteroatoms. The first kappa shape index (κ1) is 13.1. The number of aromatic nitrogens is 1. The Morgan fingerprint density at radius 3 is 2.27 bits per heavy atom. The molecule has 4 rings (SSSR count). The standard InChI is InChI=1S/C19H12ClNO/c20-16-5-3-4-15(12-16)13-8-10-14(11-9-13)19-21-17-6-1-2-7-18(17)22-19/h1-12H. The molecule has 0 unspecified atom stereocenters. The molecule has 0 aliphatic rings. The molecule has 0 N–H and O–H groups in total. The maximum absolute atomic E-state index is 6.04. The summed E-state index contributed by atoms with van der Waals surface area (Å²) in [7, 11) is 0. The van der Waals surface area contributed by atoms with Gasteiger partial charge >= 0.3 is 0 Å². The van der Waals surface area contributed by atoms with Gasteiger partial charge in [-0.15, -0.1) is 0 Å². The minimum absolute atomic E-state index is 0.638. The summed E-state index contributed by atoms with van der Waals surface area (Å²) in [4.78, 5) is 4.51. The molecule has 0 amide bonds. The average Bonchev–Trinajstić information content (AvgIpc) is 2.99. The van der Waals surface area contributed by atoms with E-state index in [1.807, 2.05) is 60.7 Å². The number of fused-ring (bicyclic) bond motifs is 1. The van der Waals surface area contributed by atoms with Crippen LogP contribution in [-0.4, -0.2) is 4.98 Å². The third-order valence-corrected chi connectivity index (χ3v) is 3.82. The van der Waals surface area contributed by atoms with Gasteiger partial charge in [0.25, 0.3) is 0 Å². The second-order valence-corrected chi connectivity index (χ2v) is 5.51. The van der Waals surface area contributed by atoms with Crippen LogP contribution in [0.4, 0.5) is 0 Å². The third-order valence-electron chi connectivity index (χ3n) is 3.58. The van der Waals surface area contributed by atoms with Crippen molar-refractivity contribution >= 4 is 22.7 Å². The summed E-state index contributed by atoms with van der Waals surface area (Å²) in [5.74, 6) is 0.638. The molecule has 0 atom stereocenters. The number of hydrogen-bond donors (Lipinski definition) is 0. The lowest BCUT2D eigenvalue weighted by Gasteiger charge is -2.03. The van der Waals surface area contributed by atoms with Crippen LogP contribution in [0.1, 0.15) is 0 Å². The molecule has 1 aromatic heterocycles. The zero-order valence-electron chi connectivity index (χ0n) is 11.7. The van der Waals surface area contributed by atoms with Gasteiger partial charge < -0.3 is 4.42 Å². The molecule has 0 aliphatic heterocycles. The number of nitrogens with zero attached hydrogens (tertiary/aromatic N) is 1. The summed E-state index contributed by atoms with van der Waals surface area (Å²) in [5.41, 5.74) is 4.84. The smallest absolute Gasteiger partial charge is 0.227 e. The van der Waals surface area contributed by atoms with E-state index in [4.69, 9.17) is 16.0 Å². The number of halogens is 1. The molecule has 3 aromatic carbocycles. The summed E-state index contributed by atoms with van der Waals surface area (Å²) in [6.45, 7) is 0. The van der Waals surface area contributed by atoms with Crippen LogP contribution in [0.2, 0.25) is 5.02 Å². The van der Waals surface area contributed by atoms with Crippen molar-refractivity contribution in [2.75, 3.05) is 0 Å². The second-order valence-electron chi connectivity index (χ2n) is 5.07. The fraction of sp³-hybridized carbons (Fsp3) is 0. The fourth-order valence-corrected chi connectivity index (χ4v) is 2.66. The van der Waals surface area contributed by atoms with Gasteiger partial charge in [0.05, 0.1) is 0 Å². The predicted octanol–water partition coefficient (Wildman–Crippen LogP) is 5.82. The van der Waals surface area contributed by atoms with E-state index in [9.17, 15) is 0 Å². The van der Waals surface area contributed by atoms with Crippen LogP contribution in [0.15, 0.2) is 77.2 Å². The Morgan fingerprint density at radius 2 is 1.50 bits per heavy atom. The van der Waals surface area contributed by atoms with Crippen LogP contribution in [0.3, 0.4) is 0 Å². The molecule has 2 nitrogen and oxygen atoms in total. The molecule has 4 aromatic rings. The summed E-state index contributed by atoms with van der Waals surface area (Å²) in [6, 6.07) is 23.7. The van der Waals surface area contributed by atoms with Gasteiger partial charge in [-0.2, -0.15) is 0 Å². The van der Waals surface area contributed by atoms with Crippen molar-refractivity contribution in [1.29, 1.82) is 0 Å². The Morgan fingerprint density at radius 1 is 0.727 bits per heavy atom. The van der Waals surface area contributed by atoms with E-state index in [0.717, 1.165) is 32.8 Å². The summed E-state index contributed by atoms with van der Waals surface area (Å²) in [5, 5.41) is 0.737. The van der Waals surface area contributed by atoms with E-state index < -0.39 is 0 Å². The van der Waals surface area contributed by atoms with E-state index >= 15 is 0 Å². The molecule has 22 heavy (non-hydrogen) atoms. The summed E-state index contributed by atoms with van der Waals surface area (Å²) < 4.78 is 5.79. The molecule has 0 bridgehead atoms. The number of hydrogen-bond acceptors (Lipinski definition) is 2. The quantitative estimate of drug-likeness (QED) is 0.466. The summed E-state index contributed by atoms with van der Waals surface area (Å²) in [6.07, 6.45) is 0. The third kappa shape index (κ3) is 2.38. The number of benzene rings is 3. The van der Waals surface area contributed by atoms with Crippen LogP contribution < -0.4 is 0 Å². The SMILES string of the molecule is Clc1cccc(-c2ccc(-c3nc4ccccc4o3)cc2)c1. The molecule has 0 saturated carbocycles. The van der Waals surface area contributed by atoms with Gasteiger partial charge in [0, 0.05) is 10.6 Å². The van der Waals surface area contributed by atoms with Crippen LogP contribution in [0.5, 0.6) is 0 Å². The molecule has 0 radical (unpaired) electrons. The average molecular weight is 306 g/mol. The van der Waals surface area contributed by atoms with Gasteiger partial charge in [0.2, 0.25) is 5.89 Å². The topological polar surface area (TPSA) is 26.0 Å². The first-order chi connectivity index (χ1) is 10.8. The first-order valence-electron chi connectivity index (χ1n) is 7.01. The van der Waals surface area contributed by atoms with Crippen molar-refractivity contribution in [2.45, 2.75) is 0 Å².